The van der Waals surface area contributed by atoms with Crippen LogP contribution in [0.1, 0.15) is 47.8 Å². The molecule has 1 N–H and O–H groups in total. The number of aromatic nitrogens is 1. The average molecular weight is 418 g/mol. The molecule has 8 heteroatoms. The summed E-state index contributed by atoms with van der Waals surface area (Å²) < 4.78 is 40.1. The maximum Gasteiger partial charge on any atom is 0.416 e. The molecule has 1 heterocycles. The molecule has 1 amide bonds. The van der Waals surface area contributed by atoms with Crippen LogP contribution in [0.4, 0.5) is 13.2 Å². The van der Waals surface area contributed by atoms with E-state index in [9.17, 15) is 22.8 Å². The molecule has 3 rings (SSSR count). The van der Waals surface area contributed by atoms with Crippen molar-refractivity contribution in [1.29, 1.82) is 0 Å². The molecule has 0 radical (unpaired) electrons. The average Bonchev–Trinajstić information content (AvgIpc) is 3.09. The molecule has 0 aliphatic rings. The first-order valence-corrected chi connectivity index (χ1v) is 9.54. The van der Waals surface area contributed by atoms with Gasteiger partial charge in [0.15, 0.2) is 0 Å². The summed E-state index contributed by atoms with van der Waals surface area (Å²) in [6, 6.07) is 13.7. The molecule has 30 heavy (non-hydrogen) atoms. The maximum atomic E-state index is 12.8. The smallest absolute Gasteiger partial charge is 0.340 e. The van der Waals surface area contributed by atoms with Crippen molar-refractivity contribution in [3.05, 3.63) is 71.4 Å². The van der Waals surface area contributed by atoms with Crippen molar-refractivity contribution in [2.24, 2.45) is 0 Å². The monoisotopic (exact) mass is 418 g/mol. The molecule has 0 aliphatic carbocycles. The second kappa shape index (κ2) is 9.02. The zero-order valence-corrected chi connectivity index (χ0v) is 16.3. The first kappa shape index (κ1) is 21.4. The highest BCUT2D eigenvalue weighted by Gasteiger charge is 2.30. The van der Waals surface area contributed by atoms with Crippen molar-refractivity contribution in [3.8, 4) is 0 Å². The first-order chi connectivity index (χ1) is 14.3. The minimum atomic E-state index is -4.41. The Bertz CT molecular complexity index is 1040. The molecule has 3 aromatic rings. The third-order valence-corrected chi connectivity index (χ3v) is 4.66. The van der Waals surface area contributed by atoms with E-state index in [4.69, 9.17) is 4.84 Å². The van der Waals surface area contributed by atoms with Crippen molar-refractivity contribution >= 4 is 22.8 Å². The number of amides is 1. The van der Waals surface area contributed by atoms with E-state index in [-0.39, 0.29) is 18.7 Å². The van der Waals surface area contributed by atoms with Gasteiger partial charge in [0.05, 0.1) is 5.56 Å². The highest BCUT2D eigenvalue weighted by Crippen LogP contribution is 2.29. The highest BCUT2D eigenvalue weighted by atomic mass is 19.4. The van der Waals surface area contributed by atoms with Gasteiger partial charge in [0, 0.05) is 23.9 Å². The molecular formula is C22H21F3N2O3. The minimum Gasteiger partial charge on any atom is -0.340 e. The zero-order chi connectivity index (χ0) is 21.7. The number of hydrogen-bond acceptors (Lipinski definition) is 3. The number of nitrogens with zero attached hydrogens (tertiary/aromatic N) is 1. The van der Waals surface area contributed by atoms with Gasteiger partial charge in [-0.15, -0.1) is 0 Å². The summed E-state index contributed by atoms with van der Waals surface area (Å²) in [7, 11) is 0. The van der Waals surface area contributed by atoms with E-state index in [1.807, 2.05) is 25.1 Å². The predicted molar refractivity (Wildman–Crippen MR) is 106 cm³/mol. The normalized spacial score (nSPS) is 11.5. The van der Waals surface area contributed by atoms with Crippen molar-refractivity contribution in [2.75, 3.05) is 0 Å². The molecular weight excluding hydrogens is 397 g/mol. The minimum absolute atomic E-state index is 0.179. The van der Waals surface area contributed by atoms with Crippen LogP contribution in [0.15, 0.2) is 54.6 Å². The van der Waals surface area contributed by atoms with Crippen LogP contribution in [0.5, 0.6) is 0 Å². The number of halogens is 3. The van der Waals surface area contributed by atoms with Crippen molar-refractivity contribution < 1.29 is 27.6 Å². The topological polar surface area (TPSA) is 60.3 Å². The molecule has 0 saturated heterocycles. The molecule has 0 saturated carbocycles. The summed E-state index contributed by atoms with van der Waals surface area (Å²) in [6.07, 6.45) is -2.73. The Balaban J connectivity index is 1.84. The Morgan fingerprint density at radius 1 is 1.07 bits per heavy atom. The summed E-state index contributed by atoms with van der Waals surface area (Å²) in [6.45, 7) is 2.11. The van der Waals surface area contributed by atoms with Crippen LogP contribution >= 0.6 is 0 Å². The highest BCUT2D eigenvalue weighted by molar-refractivity contribution is 5.98. The third kappa shape index (κ3) is 5.00. The van der Waals surface area contributed by atoms with Crippen LogP contribution < -0.4 is 5.48 Å². The van der Waals surface area contributed by atoms with Gasteiger partial charge >= 0.3 is 18.1 Å². The molecule has 0 unspecified atom stereocenters. The lowest BCUT2D eigenvalue weighted by Gasteiger charge is -2.12. The van der Waals surface area contributed by atoms with Gasteiger partial charge < -0.3 is 9.40 Å². The number of fused-ring (bicyclic) bond motifs is 1. The number of rotatable bonds is 6. The molecule has 2 aromatic carbocycles. The largest absolute Gasteiger partial charge is 0.416 e. The molecule has 0 atom stereocenters. The Morgan fingerprint density at radius 3 is 2.43 bits per heavy atom. The Kier molecular flexibility index (Phi) is 6.44. The number of unbranched alkanes of at least 4 members (excludes halogenated alkanes) is 1. The fourth-order valence-corrected chi connectivity index (χ4v) is 3.08. The molecule has 158 valence electrons. The zero-order valence-electron chi connectivity index (χ0n) is 16.3. The van der Waals surface area contributed by atoms with Gasteiger partial charge in [0.25, 0.3) is 0 Å². The number of nitrogens with one attached hydrogen (secondary N) is 1. The van der Waals surface area contributed by atoms with Gasteiger partial charge in [-0.05, 0) is 36.2 Å². The van der Waals surface area contributed by atoms with Crippen LogP contribution in [-0.4, -0.2) is 16.4 Å². The summed E-state index contributed by atoms with van der Waals surface area (Å²) in [4.78, 5) is 29.1. The van der Waals surface area contributed by atoms with Crippen molar-refractivity contribution in [2.45, 2.75) is 38.9 Å². The number of alkyl halides is 3. The third-order valence-electron chi connectivity index (χ3n) is 4.66. The number of carbonyl (C=O) groups excluding carboxylic acids is 2. The summed E-state index contributed by atoms with van der Waals surface area (Å²) in [5.41, 5.74) is 3.00. The van der Waals surface area contributed by atoms with Gasteiger partial charge in [0.2, 0.25) is 0 Å². The van der Waals surface area contributed by atoms with Crippen LogP contribution in [0.3, 0.4) is 0 Å². The standard InChI is InChI=1S/C22H21F3N2O3/c1-2-3-8-20(28)30-26-21(29)19-13-16-6-4-5-7-18(16)27(19)14-15-9-11-17(12-10-15)22(23,24)25/h4-7,9-13H,2-3,8,14H2,1H3,(H,26,29). The quantitative estimate of drug-likeness (QED) is 0.568. The second-order valence-electron chi connectivity index (χ2n) is 6.88. The lowest BCUT2D eigenvalue weighted by molar-refractivity contribution is -0.149. The van der Waals surface area contributed by atoms with Gasteiger partial charge in [-0.25, -0.2) is 4.79 Å². The van der Waals surface area contributed by atoms with Crippen LogP contribution in [0.2, 0.25) is 0 Å². The molecule has 5 nitrogen and oxygen atoms in total. The van der Waals surface area contributed by atoms with E-state index in [0.717, 1.165) is 29.5 Å². The van der Waals surface area contributed by atoms with E-state index in [1.165, 1.54) is 12.1 Å². The SMILES string of the molecule is CCCCC(=O)ONC(=O)c1cc2ccccc2n1Cc1ccc(C(F)(F)F)cc1. The predicted octanol–water partition coefficient (Wildman–Crippen LogP) is 5.09. The van der Waals surface area contributed by atoms with E-state index >= 15 is 0 Å². The molecule has 1 aromatic heterocycles. The van der Waals surface area contributed by atoms with Crippen LogP contribution in [0, 0.1) is 0 Å². The Hall–Kier alpha value is -3.29. The van der Waals surface area contributed by atoms with Crippen molar-refractivity contribution in [1.82, 2.24) is 10.0 Å². The molecule has 0 aliphatic heterocycles. The fourth-order valence-electron chi connectivity index (χ4n) is 3.08. The summed E-state index contributed by atoms with van der Waals surface area (Å²) >= 11 is 0. The molecule has 0 bridgehead atoms. The van der Waals surface area contributed by atoms with E-state index < -0.39 is 23.6 Å². The fraction of sp³-hybridized carbons (Fsp3) is 0.273. The van der Waals surface area contributed by atoms with Crippen LogP contribution in [0.25, 0.3) is 10.9 Å². The van der Waals surface area contributed by atoms with E-state index in [2.05, 4.69) is 5.48 Å². The van der Waals surface area contributed by atoms with E-state index in [0.29, 0.717) is 12.0 Å². The molecule has 0 spiro atoms. The number of benzene rings is 2. The van der Waals surface area contributed by atoms with Gasteiger partial charge in [-0.3, -0.25) is 4.79 Å². The Labute approximate surface area is 171 Å². The number of hydrogen-bond donors (Lipinski definition) is 1. The molecule has 0 fully saturated rings. The maximum absolute atomic E-state index is 12.8. The lowest BCUT2D eigenvalue weighted by Crippen LogP contribution is -2.29. The summed E-state index contributed by atoms with van der Waals surface area (Å²) in [5.74, 6) is -1.14. The number of para-hydroxylation sites is 1. The lowest BCUT2D eigenvalue weighted by atomic mass is 10.1. The van der Waals surface area contributed by atoms with Gasteiger partial charge in [-0.1, -0.05) is 43.7 Å². The second-order valence-corrected chi connectivity index (χ2v) is 6.88. The Morgan fingerprint density at radius 2 is 1.77 bits per heavy atom. The van der Waals surface area contributed by atoms with Gasteiger partial charge in [-0.2, -0.15) is 18.7 Å². The number of hydroxylamine groups is 1. The first-order valence-electron chi connectivity index (χ1n) is 9.54. The van der Waals surface area contributed by atoms with Gasteiger partial charge in [0.1, 0.15) is 5.69 Å². The summed E-state index contributed by atoms with van der Waals surface area (Å²) in [5, 5.41) is 0.784. The number of carbonyl (C=O) groups is 2. The van der Waals surface area contributed by atoms with Crippen LogP contribution in [-0.2, 0) is 22.4 Å². The van der Waals surface area contributed by atoms with Crippen molar-refractivity contribution in [3.63, 3.8) is 0 Å². The van der Waals surface area contributed by atoms with E-state index in [1.54, 1.807) is 16.7 Å².